The molecule has 0 aromatic heterocycles. The summed E-state index contributed by atoms with van der Waals surface area (Å²) in [7, 11) is 0. The van der Waals surface area contributed by atoms with E-state index in [1.54, 1.807) is 0 Å². The SMILES string of the molecule is CCCCCC/C=C\C/C=C\CCCCCCCCCC(=O)OCC(COC(=O)CCCCCCCCCCCCCCC/C=C\C/C=C\CCCCCCC)OC(=O)CCCCCCCCCCCCCCCCCCCCCCCC. The summed E-state index contributed by atoms with van der Waals surface area (Å²) in [6, 6.07) is 0. The van der Waals surface area contributed by atoms with E-state index in [2.05, 4.69) is 69.4 Å². The molecule has 0 aromatic carbocycles. The molecule has 0 aliphatic rings. The van der Waals surface area contributed by atoms with Crippen LogP contribution in [0.3, 0.4) is 0 Å². The van der Waals surface area contributed by atoms with Gasteiger partial charge in [-0.3, -0.25) is 14.4 Å². The van der Waals surface area contributed by atoms with Crippen LogP contribution in [0.2, 0.25) is 0 Å². The number of allylic oxidation sites excluding steroid dienone is 8. The van der Waals surface area contributed by atoms with Crippen molar-refractivity contribution in [1.82, 2.24) is 0 Å². The lowest BCUT2D eigenvalue weighted by Gasteiger charge is -2.18. The molecule has 83 heavy (non-hydrogen) atoms. The van der Waals surface area contributed by atoms with Gasteiger partial charge in [-0.15, -0.1) is 0 Å². The molecule has 0 fully saturated rings. The summed E-state index contributed by atoms with van der Waals surface area (Å²) >= 11 is 0. The molecule has 0 aliphatic heterocycles. The molecule has 0 heterocycles. The van der Waals surface area contributed by atoms with Crippen molar-refractivity contribution in [1.29, 1.82) is 0 Å². The summed E-state index contributed by atoms with van der Waals surface area (Å²) in [6.45, 7) is 6.69. The Morgan fingerprint density at radius 1 is 0.241 bits per heavy atom. The van der Waals surface area contributed by atoms with Crippen molar-refractivity contribution >= 4 is 17.9 Å². The summed E-state index contributed by atoms with van der Waals surface area (Å²) in [4.78, 5) is 38.5. The first kappa shape index (κ1) is 80.4. The lowest BCUT2D eigenvalue weighted by atomic mass is 10.0. The van der Waals surface area contributed by atoms with Crippen LogP contribution < -0.4 is 0 Å². The van der Waals surface area contributed by atoms with E-state index in [-0.39, 0.29) is 31.1 Å². The molecule has 0 radical (unpaired) electrons. The van der Waals surface area contributed by atoms with Gasteiger partial charge >= 0.3 is 17.9 Å². The largest absolute Gasteiger partial charge is 0.462 e. The van der Waals surface area contributed by atoms with Crippen LogP contribution in [-0.2, 0) is 28.6 Å². The van der Waals surface area contributed by atoms with Crippen molar-refractivity contribution in [3.05, 3.63) is 48.6 Å². The van der Waals surface area contributed by atoms with E-state index in [1.165, 1.54) is 289 Å². The number of hydrogen-bond donors (Lipinski definition) is 0. The van der Waals surface area contributed by atoms with Gasteiger partial charge < -0.3 is 14.2 Å². The van der Waals surface area contributed by atoms with E-state index in [9.17, 15) is 14.4 Å². The van der Waals surface area contributed by atoms with Crippen LogP contribution in [0.25, 0.3) is 0 Å². The number of carbonyl (C=O) groups excluding carboxylic acids is 3. The predicted molar refractivity (Wildman–Crippen MR) is 362 cm³/mol. The minimum Gasteiger partial charge on any atom is -0.462 e. The molecule has 486 valence electrons. The van der Waals surface area contributed by atoms with Gasteiger partial charge in [-0.05, 0) is 83.5 Å². The summed E-state index contributed by atoms with van der Waals surface area (Å²) in [5, 5.41) is 0. The van der Waals surface area contributed by atoms with Crippen LogP contribution in [0.15, 0.2) is 48.6 Å². The molecule has 0 aromatic rings. The fraction of sp³-hybridized carbons (Fsp3) is 0.857. The molecule has 6 heteroatoms. The minimum absolute atomic E-state index is 0.0714. The molecular formula is C77H142O6. The Hall–Kier alpha value is -2.63. The van der Waals surface area contributed by atoms with Crippen LogP contribution in [0.4, 0.5) is 0 Å². The van der Waals surface area contributed by atoms with Gasteiger partial charge in [0.05, 0.1) is 0 Å². The van der Waals surface area contributed by atoms with Gasteiger partial charge in [0.15, 0.2) is 6.10 Å². The number of esters is 3. The lowest BCUT2D eigenvalue weighted by molar-refractivity contribution is -0.167. The highest BCUT2D eigenvalue weighted by Crippen LogP contribution is 2.19. The molecule has 6 nitrogen and oxygen atoms in total. The van der Waals surface area contributed by atoms with Crippen molar-refractivity contribution in [2.45, 2.75) is 412 Å². The molecule has 0 bridgehead atoms. The second-order valence-electron chi connectivity index (χ2n) is 25.2. The average Bonchev–Trinajstić information content (AvgIpc) is 3.49. The maximum atomic E-state index is 13.0. The quantitative estimate of drug-likeness (QED) is 0.0261. The molecule has 1 unspecified atom stereocenters. The first-order valence-electron chi connectivity index (χ1n) is 37.1. The molecule has 1 atom stereocenters. The number of unbranched alkanes of at least 4 members (excludes halogenated alkanes) is 50. The number of rotatable bonds is 69. The molecule has 0 spiro atoms. The highest BCUT2D eigenvalue weighted by atomic mass is 16.6. The maximum absolute atomic E-state index is 13.0. The van der Waals surface area contributed by atoms with Crippen LogP contribution in [-0.4, -0.2) is 37.2 Å². The summed E-state index contributed by atoms with van der Waals surface area (Å²) in [5.74, 6) is -0.849. The predicted octanol–water partition coefficient (Wildman–Crippen LogP) is 25.7. The third kappa shape index (κ3) is 70.0. The number of carbonyl (C=O) groups is 3. The zero-order valence-electron chi connectivity index (χ0n) is 56.0. The molecule has 0 aliphatic carbocycles. The minimum atomic E-state index is -0.777. The molecule has 0 rings (SSSR count). The number of ether oxygens (including phenoxy) is 3. The Kier molecular flexibility index (Phi) is 69.6. The smallest absolute Gasteiger partial charge is 0.306 e. The van der Waals surface area contributed by atoms with E-state index in [1.807, 2.05) is 0 Å². The average molecular weight is 1160 g/mol. The van der Waals surface area contributed by atoms with Crippen LogP contribution >= 0.6 is 0 Å². The zero-order valence-corrected chi connectivity index (χ0v) is 56.0. The summed E-state index contributed by atoms with van der Waals surface area (Å²) in [6.07, 6.45) is 91.4. The van der Waals surface area contributed by atoms with Gasteiger partial charge in [0.2, 0.25) is 0 Å². The van der Waals surface area contributed by atoms with Gasteiger partial charge in [0, 0.05) is 19.3 Å². The van der Waals surface area contributed by atoms with Crippen LogP contribution in [0.5, 0.6) is 0 Å². The zero-order chi connectivity index (χ0) is 59.9. The molecule has 0 N–H and O–H groups in total. The van der Waals surface area contributed by atoms with Gasteiger partial charge in [0.25, 0.3) is 0 Å². The number of hydrogen-bond acceptors (Lipinski definition) is 6. The van der Waals surface area contributed by atoms with Crippen molar-refractivity contribution in [2.75, 3.05) is 13.2 Å². The Bertz CT molecular complexity index is 1430. The molecule has 0 amide bonds. The normalized spacial score (nSPS) is 12.3. The highest BCUT2D eigenvalue weighted by Gasteiger charge is 2.19. The maximum Gasteiger partial charge on any atom is 0.306 e. The fourth-order valence-corrected chi connectivity index (χ4v) is 11.2. The standard InChI is InChI=1S/C77H142O6/c1-4-7-10-13-16-19-22-25-28-31-34-36-38-39-40-42-43-46-49-52-55-58-61-64-67-70-76(79)82-73-74(72-81-75(78)69-66-63-60-57-54-51-48-45-33-30-27-24-21-18-15-12-9-6-3)83-77(80)71-68-65-62-59-56-53-50-47-44-41-37-35-32-29-26-23-20-17-14-11-8-5-2/h21-22,24-25,30-31,33-34,74H,4-20,23,26-29,32,35-73H2,1-3H3/b24-21-,25-22-,33-30-,34-31-. The Morgan fingerprint density at radius 3 is 0.675 bits per heavy atom. The van der Waals surface area contributed by atoms with Gasteiger partial charge in [-0.25, -0.2) is 0 Å². The van der Waals surface area contributed by atoms with Crippen molar-refractivity contribution in [3.63, 3.8) is 0 Å². The van der Waals surface area contributed by atoms with Crippen molar-refractivity contribution < 1.29 is 28.6 Å². The third-order valence-corrected chi connectivity index (χ3v) is 16.8. The van der Waals surface area contributed by atoms with Gasteiger partial charge in [0.1, 0.15) is 13.2 Å². The first-order valence-corrected chi connectivity index (χ1v) is 37.1. The van der Waals surface area contributed by atoms with Gasteiger partial charge in [-0.2, -0.15) is 0 Å². The Balaban J connectivity index is 4.31. The van der Waals surface area contributed by atoms with Gasteiger partial charge in [-0.1, -0.05) is 352 Å². The second-order valence-corrected chi connectivity index (χ2v) is 25.2. The highest BCUT2D eigenvalue weighted by molar-refractivity contribution is 5.71. The molecule has 0 saturated carbocycles. The van der Waals surface area contributed by atoms with E-state index in [4.69, 9.17) is 14.2 Å². The summed E-state index contributed by atoms with van der Waals surface area (Å²) < 4.78 is 17.0. The first-order chi connectivity index (χ1) is 41.0. The monoisotopic (exact) mass is 1160 g/mol. The molecular weight excluding hydrogens is 1020 g/mol. The van der Waals surface area contributed by atoms with E-state index < -0.39 is 6.10 Å². The topological polar surface area (TPSA) is 78.9 Å². The third-order valence-electron chi connectivity index (χ3n) is 16.8. The molecule has 0 saturated heterocycles. The Morgan fingerprint density at radius 2 is 0.434 bits per heavy atom. The van der Waals surface area contributed by atoms with Crippen LogP contribution in [0, 0.1) is 0 Å². The fourth-order valence-electron chi connectivity index (χ4n) is 11.2. The van der Waals surface area contributed by atoms with Crippen molar-refractivity contribution in [3.8, 4) is 0 Å². The summed E-state index contributed by atoms with van der Waals surface area (Å²) in [5.41, 5.74) is 0. The van der Waals surface area contributed by atoms with Crippen LogP contribution in [0.1, 0.15) is 406 Å². The van der Waals surface area contributed by atoms with E-state index >= 15 is 0 Å². The van der Waals surface area contributed by atoms with E-state index in [0.29, 0.717) is 19.3 Å². The lowest BCUT2D eigenvalue weighted by Crippen LogP contribution is -2.30. The Labute approximate surface area is 518 Å². The van der Waals surface area contributed by atoms with E-state index in [0.717, 1.165) is 77.0 Å². The van der Waals surface area contributed by atoms with Crippen molar-refractivity contribution in [2.24, 2.45) is 0 Å². The second kappa shape index (κ2) is 71.8.